The molecule has 0 saturated heterocycles. The zero-order valence-corrected chi connectivity index (χ0v) is 30.2. The zero-order chi connectivity index (χ0) is 35.9. The van der Waals surface area contributed by atoms with E-state index in [1.165, 1.54) is 16.2 Å². The molecule has 0 atom stereocenters. The summed E-state index contributed by atoms with van der Waals surface area (Å²) < 4.78 is 1.98. The number of nitriles is 1. The van der Waals surface area contributed by atoms with Crippen LogP contribution in [0.2, 0.25) is 0 Å². The lowest BCUT2D eigenvalue weighted by atomic mass is 9.99. The van der Waals surface area contributed by atoms with Gasteiger partial charge in [-0.15, -0.1) is 11.3 Å². The Bertz CT molecular complexity index is 2090. The molecule has 2 aromatic carbocycles. The van der Waals surface area contributed by atoms with Gasteiger partial charge in [-0.05, 0) is 75.1 Å². The molecule has 8 nitrogen and oxygen atoms in total. The summed E-state index contributed by atoms with van der Waals surface area (Å²) in [5.74, 6) is -1.64. The van der Waals surface area contributed by atoms with Crippen LogP contribution in [-0.2, 0) is 14.4 Å². The van der Waals surface area contributed by atoms with Crippen molar-refractivity contribution in [3.8, 4) is 11.1 Å². The Labute approximate surface area is 300 Å². The minimum atomic E-state index is -0.700. The number of nitrogens with one attached hydrogen (secondary N) is 1. The molecule has 3 amide bonds. The lowest BCUT2D eigenvalue weighted by Gasteiger charge is -2.28. The minimum Gasteiger partial charge on any atom is -0.344 e. The lowest BCUT2D eigenvalue weighted by Crippen LogP contribution is -2.42. The van der Waals surface area contributed by atoms with Gasteiger partial charge < -0.3 is 9.88 Å². The van der Waals surface area contributed by atoms with Gasteiger partial charge >= 0.3 is 0 Å². The highest BCUT2D eigenvalue weighted by Crippen LogP contribution is 2.35. The van der Waals surface area contributed by atoms with Crippen LogP contribution >= 0.6 is 23.1 Å². The molecule has 1 aliphatic heterocycles. The van der Waals surface area contributed by atoms with Crippen LogP contribution in [0.3, 0.4) is 0 Å². The normalized spacial score (nSPS) is 14.4. The van der Waals surface area contributed by atoms with E-state index >= 15 is 0 Å². The molecule has 0 aliphatic carbocycles. The average molecular weight is 700 g/mol. The van der Waals surface area contributed by atoms with Crippen LogP contribution in [0.5, 0.6) is 0 Å². The summed E-state index contributed by atoms with van der Waals surface area (Å²) in [6.07, 6.45) is 8.27. The Morgan fingerprint density at radius 3 is 2.28 bits per heavy atom. The Kier molecular flexibility index (Phi) is 11.3. The molecule has 1 aliphatic rings. The van der Waals surface area contributed by atoms with E-state index in [4.69, 9.17) is 0 Å². The SMILES string of the molecule is C=C/C=C\C(=C/C)N1C(=O)/C(=C/c2cc(C)n(-c3sc(C)c(C)c3C#N)c2C)C(=O)N=C1SCC(=O)NC(c1ccccc1)c1ccccc1. The van der Waals surface area contributed by atoms with Gasteiger partial charge in [0, 0.05) is 22.0 Å². The third-order valence-corrected chi connectivity index (χ3v) is 10.5. The fourth-order valence-corrected chi connectivity index (χ4v) is 7.72. The monoisotopic (exact) mass is 699 g/mol. The molecule has 5 rings (SSSR count). The molecule has 2 aromatic heterocycles. The molecule has 1 N–H and O–H groups in total. The van der Waals surface area contributed by atoms with Crippen LogP contribution in [0.4, 0.5) is 0 Å². The number of benzene rings is 2. The predicted octanol–water partition coefficient (Wildman–Crippen LogP) is 8.04. The number of thioether (sulfide) groups is 1. The second-order valence-electron chi connectivity index (χ2n) is 11.6. The number of rotatable bonds is 10. The zero-order valence-electron chi connectivity index (χ0n) is 28.6. The van der Waals surface area contributed by atoms with Gasteiger partial charge in [-0.25, -0.2) is 0 Å². The molecule has 10 heteroatoms. The molecule has 0 fully saturated rings. The van der Waals surface area contributed by atoms with E-state index in [0.29, 0.717) is 16.8 Å². The fourth-order valence-electron chi connectivity index (χ4n) is 5.69. The highest BCUT2D eigenvalue weighted by Gasteiger charge is 2.35. The van der Waals surface area contributed by atoms with Crippen molar-refractivity contribution < 1.29 is 14.4 Å². The summed E-state index contributed by atoms with van der Waals surface area (Å²) in [5.41, 5.74) is 6.04. The largest absolute Gasteiger partial charge is 0.344 e. The van der Waals surface area contributed by atoms with Crippen molar-refractivity contribution in [1.82, 2.24) is 14.8 Å². The third kappa shape index (κ3) is 7.39. The average Bonchev–Trinajstić information content (AvgIpc) is 3.56. The maximum absolute atomic E-state index is 14.2. The fraction of sp³-hybridized carbons (Fsp3) is 0.175. The van der Waals surface area contributed by atoms with E-state index in [-0.39, 0.29) is 28.4 Å². The first kappa shape index (κ1) is 35.8. The number of amidine groups is 1. The second-order valence-corrected chi connectivity index (χ2v) is 13.7. The number of aromatic nitrogens is 1. The minimum absolute atomic E-state index is 0.0880. The molecular formula is C40H37N5O3S2. The van der Waals surface area contributed by atoms with E-state index in [1.54, 1.807) is 37.3 Å². The van der Waals surface area contributed by atoms with E-state index in [1.807, 2.05) is 99.0 Å². The topological polar surface area (TPSA) is 108 Å². The molecule has 3 heterocycles. The third-order valence-electron chi connectivity index (χ3n) is 8.36. The number of nitrogens with zero attached hydrogens (tertiary/aromatic N) is 4. The summed E-state index contributed by atoms with van der Waals surface area (Å²) in [5, 5.41) is 13.9. The molecule has 0 bridgehead atoms. The Morgan fingerprint density at radius 1 is 1.06 bits per heavy atom. The molecule has 4 aromatic rings. The predicted molar refractivity (Wildman–Crippen MR) is 203 cm³/mol. The van der Waals surface area contributed by atoms with E-state index in [9.17, 15) is 19.6 Å². The van der Waals surface area contributed by atoms with Crippen molar-refractivity contribution in [3.63, 3.8) is 0 Å². The lowest BCUT2D eigenvalue weighted by molar-refractivity contribution is -0.126. The van der Waals surface area contributed by atoms with Crippen molar-refractivity contribution >= 4 is 52.1 Å². The number of aryl methyl sites for hydroxylation is 2. The van der Waals surface area contributed by atoms with Crippen LogP contribution in [0, 0.1) is 39.0 Å². The summed E-state index contributed by atoms with van der Waals surface area (Å²) in [7, 11) is 0. The molecule has 0 spiro atoms. The first-order valence-corrected chi connectivity index (χ1v) is 17.8. The number of carbonyl (C=O) groups excluding carboxylic acids is 3. The number of thiophene rings is 1. The van der Waals surface area contributed by atoms with Gasteiger partial charge in [-0.2, -0.15) is 10.3 Å². The number of aliphatic imine (C=N–C) groups is 1. The summed E-state index contributed by atoms with van der Waals surface area (Å²) in [6, 6.07) is 23.2. The van der Waals surface area contributed by atoms with Gasteiger partial charge in [0.25, 0.3) is 11.8 Å². The Morgan fingerprint density at radius 2 is 1.70 bits per heavy atom. The highest BCUT2D eigenvalue weighted by molar-refractivity contribution is 8.14. The van der Waals surface area contributed by atoms with Gasteiger partial charge in [0.2, 0.25) is 5.91 Å². The highest BCUT2D eigenvalue weighted by atomic mass is 32.2. The number of allylic oxidation sites excluding steroid dienone is 4. The first-order valence-electron chi connectivity index (χ1n) is 16.0. The molecule has 0 saturated carbocycles. The van der Waals surface area contributed by atoms with Crippen LogP contribution in [0.25, 0.3) is 11.1 Å². The van der Waals surface area contributed by atoms with Gasteiger partial charge in [-0.1, -0.05) is 97.2 Å². The van der Waals surface area contributed by atoms with Crippen LogP contribution in [-0.4, -0.2) is 38.1 Å². The molecule has 252 valence electrons. The van der Waals surface area contributed by atoms with Crippen molar-refractivity contribution in [1.29, 1.82) is 5.26 Å². The van der Waals surface area contributed by atoms with Crippen LogP contribution in [0.15, 0.2) is 114 Å². The Balaban J connectivity index is 1.47. The number of amides is 3. The van der Waals surface area contributed by atoms with Gasteiger partial charge in [0.05, 0.1) is 17.4 Å². The summed E-state index contributed by atoms with van der Waals surface area (Å²) in [4.78, 5) is 48.0. The van der Waals surface area contributed by atoms with Crippen LogP contribution < -0.4 is 5.32 Å². The second kappa shape index (κ2) is 15.8. The molecule has 50 heavy (non-hydrogen) atoms. The summed E-state index contributed by atoms with van der Waals surface area (Å²) in [6.45, 7) is 13.3. The van der Waals surface area contributed by atoms with E-state index < -0.39 is 11.8 Å². The Hall–Kier alpha value is -5.50. The van der Waals surface area contributed by atoms with Gasteiger partial charge in [-0.3, -0.25) is 19.3 Å². The van der Waals surface area contributed by atoms with Gasteiger partial charge in [0.15, 0.2) is 5.17 Å². The molecule has 0 unspecified atom stereocenters. The van der Waals surface area contributed by atoms with Crippen molar-refractivity contribution in [2.75, 3.05) is 5.75 Å². The maximum atomic E-state index is 14.2. The van der Waals surface area contributed by atoms with Crippen molar-refractivity contribution in [3.05, 3.63) is 153 Å². The van der Waals surface area contributed by atoms with E-state index in [0.717, 1.165) is 49.7 Å². The van der Waals surface area contributed by atoms with Crippen molar-refractivity contribution in [2.24, 2.45) is 4.99 Å². The molecular weight excluding hydrogens is 663 g/mol. The van der Waals surface area contributed by atoms with Gasteiger partial charge in [0.1, 0.15) is 16.6 Å². The smallest absolute Gasteiger partial charge is 0.285 e. The molecule has 0 radical (unpaired) electrons. The van der Waals surface area contributed by atoms with E-state index in [2.05, 4.69) is 23.0 Å². The number of carbonyl (C=O) groups is 3. The van der Waals surface area contributed by atoms with Crippen molar-refractivity contribution in [2.45, 2.75) is 40.7 Å². The first-order chi connectivity index (χ1) is 24.1. The standard InChI is InChI=1S/C40H37N5O3S2/c1-7-9-20-32(8-2)45-38(48)33(22-31-21-25(3)44(27(31)5)39-34(23-41)26(4)28(6)50-39)37(47)43-40(45)49-24-35(46)42-36(29-16-12-10-13-17-29)30-18-14-11-15-19-30/h7-22,36H,1,24H2,2-6H3,(H,42,46)/b20-9-,32-8+,33-22+. The van der Waals surface area contributed by atoms with Crippen LogP contribution in [0.1, 0.15) is 57.0 Å². The number of hydrogen-bond donors (Lipinski definition) is 1. The number of hydrogen-bond acceptors (Lipinski definition) is 6. The summed E-state index contributed by atoms with van der Waals surface area (Å²) >= 11 is 2.54. The quantitative estimate of drug-likeness (QED) is 0.102. The maximum Gasteiger partial charge on any atom is 0.285 e.